The van der Waals surface area contributed by atoms with Gasteiger partial charge >= 0.3 is 32.7 Å². The van der Waals surface area contributed by atoms with Crippen LogP contribution in [0.25, 0.3) is 0 Å². The first-order valence-electron chi connectivity index (χ1n) is 29.1. The molecule has 0 aliphatic rings. The number of carbonyl (C=O) groups is 4. The molecule has 0 aromatic heterocycles. The molecular weight excluding hydrogens is 1070 g/mol. The number of allylic oxidation sites excluding steroid dienone is 1. The van der Waals surface area contributed by atoms with Crippen molar-refractivity contribution in [1.82, 2.24) is 0 Å². The normalized spacial score (nSPS) is 11.7. The van der Waals surface area contributed by atoms with Crippen LogP contribution in [0.4, 0.5) is 0 Å². The van der Waals surface area contributed by atoms with Gasteiger partial charge in [-0.1, -0.05) is 117 Å². The van der Waals surface area contributed by atoms with Crippen LogP contribution in [0.5, 0.6) is 0 Å². The molecule has 0 unspecified atom stereocenters. The van der Waals surface area contributed by atoms with E-state index in [4.69, 9.17) is 61.0 Å². The van der Waals surface area contributed by atoms with Crippen LogP contribution in [0.1, 0.15) is 179 Å². The molecule has 0 rings (SSSR count). The maximum atomic E-state index is 11.5. The first-order chi connectivity index (χ1) is 37.3. The molecule has 0 saturated carbocycles. The predicted octanol–water partition coefficient (Wildman–Crippen LogP) is 9.82. The summed E-state index contributed by atoms with van der Waals surface area (Å²) in [5.74, 6) is -1.79. The van der Waals surface area contributed by atoms with Crippen LogP contribution in [-0.4, -0.2) is 165 Å². The van der Waals surface area contributed by atoms with Crippen molar-refractivity contribution < 1.29 is 80.2 Å². The number of rotatable bonds is 48. The fourth-order valence-corrected chi connectivity index (χ4v) is 13.0. The minimum atomic E-state index is -2.72. The van der Waals surface area contributed by atoms with E-state index in [1.54, 1.807) is 20.8 Å². The third-order valence-corrected chi connectivity index (χ3v) is 18.8. The number of hydrogen-bond donors (Lipinski definition) is 1. The van der Waals surface area contributed by atoms with E-state index >= 15 is 0 Å². The topological polar surface area (TPSA) is 199 Å². The summed E-state index contributed by atoms with van der Waals surface area (Å²) < 4.78 is 66.3. The molecule has 0 atom stereocenters. The van der Waals surface area contributed by atoms with Crippen molar-refractivity contribution in [3.8, 4) is 0 Å². The molecule has 0 heterocycles. The van der Waals surface area contributed by atoms with E-state index in [1.807, 2.05) is 20.8 Å². The van der Waals surface area contributed by atoms with Gasteiger partial charge in [0.1, 0.15) is 11.8 Å². The van der Waals surface area contributed by atoms with Gasteiger partial charge in [0.25, 0.3) is 0 Å². The third kappa shape index (κ3) is 51.5. The standard InChI is InChI=1S/C19H38O5Si.C16H32O4Si.C12H24O4Si.C10H20O4Si/c1-6-9-14-22-25(23-15-10-7-2,24-16-11-8-3)17-12-13-21-19(20)18(4)5;1-5-7-10-19-16(20-11-8-6-2)21-13-9-12-18-15(17)14(3)4;1-5-14-12(15-6-2)17-9-7-8-16-11(13)10(3)4;1-4-5-8(15)7(10(11)12)6-9(13-2)14-3/h4,6-17H2,1-3,5H3;16H,3,5-13,21H2,1-2,4H3;12H,3,5-9,17H2,1-2,4H3;9H,4-6H2,1-3,15H3,(H,11,12). The van der Waals surface area contributed by atoms with Crippen LogP contribution in [0.2, 0.25) is 18.1 Å². The maximum Gasteiger partial charge on any atom is 0.501 e. The van der Waals surface area contributed by atoms with Crippen molar-refractivity contribution in [3.05, 3.63) is 47.2 Å². The Balaban J connectivity index is -0.000000477. The number of aliphatic carboxylic acids is 1. The highest BCUT2D eigenvalue weighted by atomic mass is 28.4. The number of hydrogen-bond acceptors (Lipinski definition) is 16. The van der Waals surface area contributed by atoms with E-state index in [9.17, 15) is 19.2 Å². The first-order valence-corrected chi connectivity index (χ1v) is 35.7. The molecule has 0 bridgehead atoms. The first kappa shape index (κ1) is 81.8. The number of carboxylic acid groups (broad SMARTS) is 1. The second-order valence-electron chi connectivity index (χ2n) is 18.8. The van der Waals surface area contributed by atoms with Crippen LogP contribution in [0, 0.1) is 0 Å². The zero-order valence-electron chi connectivity index (χ0n) is 51.8. The van der Waals surface area contributed by atoms with Gasteiger partial charge in [0, 0.05) is 105 Å². The second kappa shape index (κ2) is 59.0. The molecule has 0 aliphatic heterocycles. The van der Waals surface area contributed by atoms with Crippen molar-refractivity contribution in [1.29, 1.82) is 0 Å². The summed E-state index contributed by atoms with van der Waals surface area (Å²) in [6, 6.07) is 2.79. The lowest BCUT2D eigenvalue weighted by Gasteiger charge is -2.30. The van der Waals surface area contributed by atoms with E-state index in [0.717, 1.165) is 131 Å². The van der Waals surface area contributed by atoms with Crippen LogP contribution in [0.15, 0.2) is 47.2 Å². The second-order valence-corrected chi connectivity index (χ2v) is 26.6. The van der Waals surface area contributed by atoms with Crippen LogP contribution in [0.3, 0.4) is 0 Å². The zero-order valence-corrected chi connectivity index (χ0v) is 57.6. The lowest BCUT2D eigenvalue weighted by atomic mass is 10.1. The molecule has 1 N–H and O–H groups in total. The van der Waals surface area contributed by atoms with E-state index in [0.29, 0.717) is 94.0 Å². The number of esters is 3. The smallest absolute Gasteiger partial charge is 0.478 e. The lowest BCUT2D eigenvalue weighted by molar-refractivity contribution is -0.139. The zero-order chi connectivity index (χ0) is 59.8. The Morgan fingerprint density at radius 3 is 1.15 bits per heavy atom. The van der Waals surface area contributed by atoms with E-state index in [-0.39, 0.29) is 29.7 Å². The Labute approximate surface area is 482 Å². The van der Waals surface area contributed by atoms with Gasteiger partial charge in [-0.15, -0.1) is 0 Å². The number of methoxy groups -OCH3 is 2. The Morgan fingerprint density at radius 1 is 0.500 bits per heavy atom. The maximum absolute atomic E-state index is 11.5. The molecule has 0 fully saturated rings. The Kier molecular flexibility index (Phi) is 61.9. The summed E-state index contributed by atoms with van der Waals surface area (Å²) in [6.07, 6.45) is 14.8. The van der Waals surface area contributed by atoms with Crippen molar-refractivity contribution in [2.75, 3.05) is 80.3 Å². The summed E-state index contributed by atoms with van der Waals surface area (Å²) in [4.78, 5) is 44.8. The summed E-state index contributed by atoms with van der Waals surface area (Å²) in [6.45, 7) is 38.5. The number of carboxylic acids is 1. The quantitative estimate of drug-likeness (QED) is 0.0151. The van der Waals surface area contributed by atoms with E-state index in [2.05, 4.69) is 54.4 Å². The molecule has 0 aliphatic carbocycles. The average molecular weight is 1180 g/mol. The molecule has 0 radical (unpaired) electrons. The van der Waals surface area contributed by atoms with Gasteiger partial charge in [0.15, 0.2) is 6.29 Å². The number of carbonyl (C=O) groups excluding carboxylic acids is 3. The molecular formula is C57H114O17Si4. The highest BCUT2D eigenvalue weighted by molar-refractivity contribution is 6.60. The number of unbranched alkanes of at least 4 members (excludes halogenated alkanes) is 5. The van der Waals surface area contributed by atoms with Crippen molar-refractivity contribution in [3.63, 3.8) is 0 Å². The molecule has 21 heteroatoms. The Bertz CT molecular complexity index is 1500. The summed E-state index contributed by atoms with van der Waals surface area (Å²) >= 11 is 0. The average Bonchev–Trinajstić information content (AvgIpc) is 3.40. The third-order valence-electron chi connectivity index (χ3n) is 11.1. The van der Waals surface area contributed by atoms with Gasteiger partial charge in [0.05, 0.1) is 38.9 Å². The van der Waals surface area contributed by atoms with Gasteiger partial charge in [-0.25, -0.2) is 19.2 Å². The molecule has 0 aromatic carbocycles. The molecule has 0 aromatic rings. The van der Waals surface area contributed by atoms with E-state index in [1.165, 1.54) is 14.2 Å². The molecule has 17 nitrogen and oxygen atoms in total. The van der Waals surface area contributed by atoms with E-state index < -0.39 is 40.1 Å². The molecule has 0 spiro atoms. The summed E-state index contributed by atoms with van der Waals surface area (Å²) in [7, 11) is 0.214. The van der Waals surface area contributed by atoms with Gasteiger partial charge in [0.2, 0.25) is 0 Å². The lowest BCUT2D eigenvalue weighted by Crippen LogP contribution is -2.47. The summed E-state index contributed by atoms with van der Waals surface area (Å²) in [5, 5.41) is 10.1. The molecule has 0 amide bonds. The minimum absolute atomic E-state index is 0.00171. The molecule has 460 valence electrons. The Hall–Kier alpha value is -2.65. The van der Waals surface area contributed by atoms with Gasteiger partial charge in [-0.2, -0.15) is 0 Å². The van der Waals surface area contributed by atoms with Crippen LogP contribution >= 0.6 is 0 Å². The van der Waals surface area contributed by atoms with Crippen LogP contribution in [-0.2, 0) is 75.1 Å². The molecule has 0 saturated heterocycles. The van der Waals surface area contributed by atoms with Gasteiger partial charge < -0.3 is 61.0 Å². The van der Waals surface area contributed by atoms with Gasteiger partial charge in [-0.05, 0) is 92.4 Å². The minimum Gasteiger partial charge on any atom is -0.478 e. The monoisotopic (exact) mass is 1180 g/mol. The highest BCUT2D eigenvalue weighted by Crippen LogP contribution is 2.21. The van der Waals surface area contributed by atoms with Crippen molar-refractivity contribution in [2.24, 2.45) is 0 Å². The fraction of sp³-hybridized carbons (Fsp3) is 0.789. The van der Waals surface area contributed by atoms with Gasteiger partial charge in [-0.3, -0.25) is 0 Å². The predicted molar refractivity (Wildman–Crippen MR) is 325 cm³/mol. The Morgan fingerprint density at radius 2 is 0.846 bits per heavy atom. The molecule has 78 heavy (non-hydrogen) atoms. The fourth-order valence-electron chi connectivity index (χ4n) is 6.36. The largest absolute Gasteiger partial charge is 0.501 e. The SMILES string of the molecule is C=C(C)C(=O)OCCC[SiH2]C(OCC)OCC.C=C(C)C(=O)OCCC[SiH2]C(OCCCC)OCCCC.C=C(C)C(=O)OCCC[Si](OCCCC)(OCCCC)OCCCC.CCCC([SiH3])=C(CC(OC)OC)C(=O)O. The highest BCUT2D eigenvalue weighted by Gasteiger charge is 2.40. The van der Waals surface area contributed by atoms with Crippen LogP contribution < -0.4 is 0 Å². The van der Waals surface area contributed by atoms with Crippen molar-refractivity contribution >= 4 is 62.0 Å². The van der Waals surface area contributed by atoms with Crippen molar-refractivity contribution in [2.45, 2.75) is 215 Å². The number of ether oxygens (including phenoxy) is 9. The summed E-state index contributed by atoms with van der Waals surface area (Å²) in [5.41, 5.74) is 1.78.